The Labute approximate surface area is 157 Å². The molecule has 0 aliphatic carbocycles. The van der Waals surface area contributed by atoms with Crippen LogP contribution in [0.25, 0.3) is 11.2 Å². The molecule has 1 aromatic carbocycles. The summed E-state index contributed by atoms with van der Waals surface area (Å²) in [7, 11) is 0. The van der Waals surface area contributed by atoms with Crippen molar-refractivity contribution in [3.63, 3.8) is 0 Å². The van der Waals surface area contributed by atoms with Gasteiger partial charge in [-0.2, -0.15) is 0 Å². The zero-order chi connectivity index (χ0) is 18.8. The summed E-state index contributed by atoms with van der Waals surface area (Å²) in [4.78, 5) is 23.6. The smallest absolute Gasteiger partial charge is 0.321 e. The van der Waals surface area contributed by atoms with Crippen molar-refractivity contribution in [3.05, 3.63) is 54.2 Å². The summed E-state index contributed by atoms with van der Waals surface area (Å²) in [5.41, 5.74) is 2.39. The number of hydrogen-bond acceptors (Lipinski definition) is 3. The third kappa shape index (κ3) is 3.49. The molecule has 2 aromatic heterocycles. The summed E-state index contributed by atoms with van der Waals surface area (Å²) in [5.74, 6) is 0.866. The van der Waals surface area contributed by atoms with Gasteiger partial charge >= 0.3 is 6.03 Å². The van der Waals surface area contributed by atoms with Crippen LogP contribution in [-0.2, 0) is 6.54 Å². The van der Waals surface area contributed by atoms with Gasteiger partial charge in [-0.1, -0.05) is 6.92 Å². The maximum absolute atomic E-state index is 13.0. The molecule has 1 fully saturated rings. The molecule has 3 heterocycles. The lowest BCUT2D eigenvalue weighted by atomic mass is 10.1. The number of urea groups is 1. The SMILES string of the molecule is CCCn1c(C2CCN(C(=O)Nc3ccc(F)cc3)C2)nc2cccnc21. The van der Waals surface area contributed by atoms with E-state index in [0.717, 1.165) is 36.4 Å². The fourth-order valence-corrected chi connectivity index (χ4v) is 3.62. The highest BCUT2D eigenvalue weighted by atomic mass is 19.1. The zero-order valence-corrected chi connectivity index (χ0v) is 15.2. The van der Waals surface area contributed by atoms with Crippen molar-refractivity contribution in [2.75, 3.05) is 18.4 Å². The largest absolute Gasteiger partial charge is 0.324 e. The van der Waals surface area contributed by atoms with Gasteiger partial charge in [0.25, 0.3) is 0 Å². The summed E-state index contributed by atoms with van der Waals surface area (Å²) in [6.07, 6.45) is 3.65. The number of fused-ring (bicyclic) bond motifs is 1. The summed E-state index contributed by atoms with van der Waals surface area (Å²) in [6, 6.07) is 9.50. The van der Waals surface area contributed by atoms with Crippen LogP contribution in [0.4, 0.5) is 14.9 Å². The lowest BCUT2D eigenvalue weighted by molar-refractivity contribution is 0.222. The predicted octanol–water partition coefficient (Wildman–Crippen LogP) is 4.00. The summed E-state index contributed by atoms with van der Waals surface area (Å²) in [5, 5.41) is 2.83. The van der Waals surface area contributed by atoms with Crippen molar-refractivity contribution in [1.29, 1.82) is 0 Å². The number of aromatic nitrogens is 3. The number of nitrogens with zero attached hydrogens (tertiary/aromatic N) is 4. The molecule has 0 bridgehead atoms. The normalized spacial score (nSPS) is 16.8. The van der Waals surface area contributed by atoms with Crippen LogP contribution >= 0.6 is 0 Å². The number of imidazole rings is 1. The fourth-order valence-electron chi connectivity index (χ4n) is 3.62. The first-order chi connectivity index (χ1) is 13.2. The Morgan fingerprint density at radius 2 is 2.11 bits per heavy atom. The van der Waals surface area contributed by atoms with E-state index in [9.17, 15) is 9.18 Å². The molecule has 1 saturated heterocycles. The minimum atomic E-state index is -0.322. The number of carbonyl (C=O) groups excluding carboxylic acids is 1. The predicted molar refractivity (Wildman–Crippen MR) is 102 cm³/mol. The van der Waals surface area contributed by atoms with Crippen molar-refractivity contribution in [3.8, 4) is 0 Å². The second-order valence-corrected chi connectivity index (χ2v) is 6.84. The van der Waals surface area contributed by atoms with Crippen molar-refractivity contribution in [2.24, 2.45) is 0 Å². The molecule has 1 atom stereocenters. The van der Waals surface area contributed by atoms with Gasteiger partial charge in [0, 0.05) is 37.4 Å². The molecule has 1 aliphatic rings. The molecule has 0 spiro atoms. The first-order valence-corrected chi connectivity index (χ1v) is 9.28. The highest BCUT2D eigenvalue weighted by Gasteiger charge is 2.31. The van der Waals surface area contributed by atoms with E-state index < -0.39 is 0 Å². The third-order valence-corrected chi connectivity index (χ3v) is 4.92. The molecule has 27 heavy (non-hydrogen) atoms. The van der Waals surface area contributed by atoms with Crippen LogP contribution in [-0.4, -0.2) is 38.6 Å². The minimum Gasteiger partial charge on any atom is -0.324 e. The maximum atomic E-state index is 13.0. The molecule has 1 N–H and O–H groups in total. The molecular weight excluding hydrogens is 345 g/mol. The van der Waals surface area contributed by atoms with Crippen LogP contribution in [0.1, 0.15) is 31.5 Å². The summed E-state index contributed by atoms with van der Waals surface area (Å²) >= 11 is 0. The average molecular weight is 367 g/mol. The summed E-state index contributed by atoms with van der Waals surface area (Å²) < 4.78 is 15.2. The number of amides is 2. The van der Waals surface area contributed by atoms with Gasteiger partial charge in [-0.15, -0.1) is 0 Å². The van der Waals surface area contributed by atoms with Gasteiger partial charge in [0.1, 0.15) is 17.2 Å². The molecule has 3 aromatic rings. The van der Waals surface area contributed by atoms with E-state index in [0.29, 0.717) is 18.8 Å². The first-order valence-electron chi connectivity index (χ1n) is 9.28. The topological polar surface area (TPSA) is 63.1 Å². The highest BCUT2D eigenvalue weighted by Crippen LogP contribution is 2.29. The quantitative estimate of drug-likeness (QED) is 0.758. The van der Waals surface area contributed by atoms with Crippen LogP contribution in [0, 0.1) is 5.82 Å². The van der Waals surface area contributed by atoms with Crippen LogP contribution in [0.3, 0.4) is 0 Å². The third-order valence-electron chi connectivity index (χ3n) is 4.92. The number of rotatable bonds is 4. The molecule has 1 unspecified atom stereocenters. The number of likely N-dealkylation sites (tertiary alicyclic amines) is 1. The average Bonchev–Trinajstić information content (AvgIpc) is 3.29. The van der Waals surface area contributed by atoms with E-state index >= 15 is 0 Å². The van der Waals surface area contributed by atoms with Crippen molar-refractivity contribution < 1.29 is 9.18 Å². The zero-order valence-electron chi connectivity index (χ0n) is 15.2. The van der Waals surface area contributed by atoms with Gasteiger partial charge in [0.05, 0.1) is 0 Å². The van der Waals surface area contributed by atoms with Crippen LogP contribution < -0.4 is 5.32 Å². The van der Waals surface area contributed by atoms with Crippen LogP contribution in [0.2, 0.25) is 0 Å². The molecular formula is C20H22FN5O. The molecule has 0 radical (unpaired) electrons. The van der Waals surface area contributed by atoms with Gasteiger partial charge < -0.3 is 14.8 Å². The molecule has 2 amide bonds. The Morgan fingerprint density at radius 3 is 2.89 bits per heavy atom. The number of carbonyl (C=O) groups is 1. The molecule has 1 aliphatic heterocycles. The lowest BCUT2D eigenvalue weighted by Crippen LogP contribution is -2.33. The van der Waals surface area contributed by atoms with Crippen LogP contribution in [0.15, 0.2) is 42.6 Å². The van der Waals surface area contributed by atoms with E-state index in [1.807, 2.05) is 12.1 Å². The number of aryl methyl sites for hydroxylation is 1. The van der Waals surface area contributed by atoms with E-state index in [-0.39, 0.29) is 17.8 Å². The van der Waals surface area contributed by atoms with E-state index in [1.54, 1.807) is 23.2 Å². The van der Waals surface area contributed by atoms with E-state index in [2.05, 4.69) is 21.8 Å². The molecule has 6 nitrogen and oxygen atoms in total. The first kappa shape index (κ1) is 17.5. The second-order valence-electron chi connectivity index (χ2n) is 6.84. The Bertz CT molecular complexity index is 953. The number of hydrogen-bond donors (Lipinski definition) is 1. The van der Waals surface area contributed by atoms with Gasteiger partial charge in [0.15, 0.2) is 5.65 Å². The van der Waals surface area contributed by atoms with Gasteiger partial charge in [-0.3, -0.25) is 0 Å². The Hall–Kier alpha value is -2.96. The van der Waals surface area contributed by atoms with Crippen LogP contribution in [0.5, 0.6) is 0 Å². The van der Waals surface area contributed by atoms with Crippen molar-refractivity contribution in [2.45, 2.75) is 32.2 Å². The van der Waals surface area contributed by atoms with Gasteiger partial charge in [-0.25, -0.2) is 19.2 Å². The number of halogens is 1. The monoisotopic (exact) mass is 367 g/mol. The molecule has 7 heteroatoms. The molecule has 140 valence electrons. The number of anilines is 1. The lowest BCUT2D eigenvalue weighted by Gasteiger charge is -2.18. The Kier molecular flexibility index (Phi) is 4.75. The van der Waals surface area contributed by atoms with Crippen molar-refractivity contribution >= 4 is 22.9 Å². The standard InChI is InChI=1S/C20H22FN5O/c1-2-11-26-18(24-17-4-3-10-22-19(17)26)14-9-12-25(13-14)20(27)23-16-7-5-15(21)6-8-16/h3-8,10,14H,2,9,11-13H2,1H3,(H,23,27). The summed E-state index contributed by atoms with van der Waals surface area (Å²) in [6.45, 7) is 4.28. The van der Waals surface area contributed by atoms with E-state index in [1.165, 1.54) is 12.1 Å². The fraction of sp³-hybridized carbons (Fsp3) is 0.350. The minimum absolute atomic E-state index is 0.166. The Balaban J connectivity index is 1.51. The number of pyridine rings is 1. The maximum Gasteiger partial charge on any atom is 0.321 e. The highest BCUT2D eigenvalue weighted by molar-refractivity contribution is 5.89. The second kappa shape index (κ2) is 7.34. The van der Waals surface area contributed by atoms with Gasteiger partial charge in [-0.05, 0) is 49.2 Å². The van der Waals surface area contributed by atoms with E-state index in [4.69, 9.17) is 4.98 Å². The molecule has 0 saturated carbocycles. The van der Waals surface area contributed by atoms with Crippen molar-refractivity contribution in [1.82, 2.24) is 19.4 Å². The number of nitrogens with one attached hydrogen (secondary N) is 1. The van der Waals surface area contributed by atoms with Gasteiger partial charge in [0.2, 0.25) is 0 Å². The molecule has 4 rings (SSSR count). The Morgan fingerprint density at radius 1 is 1.30 bits per heavy atom. The number of benzene rings is 1.